The van der Waals surface area contributed by atoms with Crippen LogP contribution >= 0.6 is 0 Å². The third-order valence-corrected chi connectivity index (χ3v) is 9.40. The molecule has 0 spiro atoms. The van der Waals surface area contributed by atoms with Gasteiger partial charge in [-0.05, 0) is 48.2 Å². The average molecular weight is 379 g/mol. The highest BCUT2D eigenvalue weighted by Gasteiger charge is 2.39. The molecule has 0 aliphatic rings. The molecule has 0 aromatic heterocycles. The van der Waals surface area contributed by atoms with Gasteiger partial charge >= 0.3 is 0 Å². The Labute approximate surface area is 158 Å². The van der Waals surface area contributed by atoms with E-state index in [0.29, 0.717) is 6.42 Å². The van der Waals surface area contributed by atoms with Gasteiger partial charge in [0.25, 0.3) is 0 Å². The van der Waals surface area contributed by atoms with Crippen LogP contribution in [0, 0.1) is 5.92 Å². The highest BCUT2D eigenvalue weighted by molar-refractivity contribution is 6.74. The monoisotopic (exact) mass is 378 g/mol. The van der Waals surface area contributed by atoms with E-state index in [-0.39, 0.29) is 16.9 Å². The number of hydrogen-bond donors (Lipinski definition) is 2. The number of aldehydes is 1. The molecular weight excluding hydrogens is 344 g/mol. The minimum atomic E-state index is -1.93. The van der Waals surface area contributed by atoms with Crippen molar-refractivity contribution in [2.24, 2.45) is 11.7 Å². The van der Waals surface area contributed by atoms with E-state index in [2.05, 4.69) is 39.2 Å². The third kappa shape index (κ3) is 6.25. The van der Waals surface area contributed by atoms with Gasteiger partial charge in [-0.2, -0.15) is 0 Å². The van der Waals surface area contributed by atoms with Gasteiger partial charge < -0.3 is 20.3 Å². The predicted molar refractivity (Wildman–Crippen MR) is 109 cm³/mol. The number of carbonyl (C=O) groups is 2. The SMILES string of the molecule is CC(C)[C@H](N)C(=O)N[C@H](C=O)Cc1cccc(O[Si](C)(C)C(C)(C)C)c1. The molecule has 1 aromatic carbocycles. The molecule has 1 rings (SSSR count). The summed E-state index contributed by atoms with van der Waals surface area (Å²) in [4.78, 5) is 23.5. The molecular formula is C20H34N2O3Si. The number of nitrogens with one attached hydrogen (secondary N) is 1. The molecule has 5 nitrogen and oxygen atoms in total. The van der Waals surface area contributed by atoms with Crippen LogP contribution < -0.4 is 15.5 Å². The third-order valence-electron chi connectivity index (χ3n) is 5.05. The first kappa shape index (κ1) is 22.4. The molecule has 0 saturated carbocycles. The van der Waals surface area contributed by atoms with E-state index in [9.17, 15) is 9.59 Å². The van der Waals surface area contributed by atoms with Crippen LogP contribution in [0.15, 0.2) is 24.3 Å². The van der Waals surface area contributed by atoms with Crippen LogP contribution in [0.25, 0.3) is 0 Å². The fraction of sp³-hybridized carbons (Fsp3) is 0.600. The van der Waals surface area contributed by atoms with Gasteiger partial charge in [-0.3, -0.25) is 4.79 Å². The number of carbonyl (C=O) groups excluding carboxylic acids is 2. The Morgan fingerprint density at radius 2 is 1.92 bits per heavy atom. The number of nitrogens with two attached hydrogens (primary N) is 1. The van der Waals surface area contributed by atoms with E-state index < -0.39 is 20.4 Å². The molecule has 26 heavy (non-hydrogen) atoms. The summed E-state index contributed by atoms with van der Waals surface area (Å²) in [6.07, 6.45) is 1.17. The fourth-order valence-electron chi connectivity index (χ4n) is 2.15. The quantitative estimate of drug-likeness (QED) is 0.537. The maximum Gasteiger partial charge on any atom is 0.250 e. The summed E-state index contributed by atoms with van der Waals surface area (Å²) in [5, 5.41) is 2.83. The van der Waals surface area contributed by atoms with Gasteiger partial charge in [-0.1, -0.05) is 46.8 Å². The highest BCUT2D eigenvalue weighted by Crippen LogP contribution is 2.37. The van der Waals surface area contributed by atoms with Crippen molar-refractivity contribution in [2.45, 2.75) is 71.3 Å². The van der Waals surface area contributed by atoms with Crippen molar-refractivity contribution < 1.29 is 14.0 Å². The second kappa shape index (κ2) is 8.82. The lowest BCUT2D eigenvalue weighted by Crippen LogP contribution is -2.49. The van der Waals surface area contributed by atoms with E-state index in [1.807, 2.05) is 38.1 Å². The summed E-state index contributed by atoms with van der Waals surface area (Å²) >= 11 is 0. The predicted octanol–water partition coefficient (Wildman–Crippen LogP) is 3.28. The van der Waals surface area contributed by atoms with Crippen LogP contribution in [0.1, 0.15) is 40.2 Å². The second-order valence-corrected chi connectivity index (χ2v) is 13.5. The Kier molecular flexibility index (Phi) is 7.59. The molecule has 0 aliphatic heterocycles. The summed E-state index contributed by atoms with van der Waals surface area (Å²) < 4.78 is 6.32. The normalized spacial score (nSPS) is 14.7. The lowest BCUT2D eigenvalue weighted by molar-refractivity contribution is -0.125. The Hall–Kier alpha value is -1.66. The minimum absolute atomic E-state index is 0.0172. The Morgan fingerprint density at radius 3 is 2.42 bits per heavy atom. The van der Waals surface area contributed by atoms with E-state index in [0.717, 1.165) is 17.6 Å². The largest absolute Gasteiger partial charge is 0.543 e. The highest BCUT2D eigenvalue weighted by atomic mass is 28.4. The summed E-state index contributed by atoms with van der Waals surface area (Å²) in [5.74, 6) is 0.526. The Bertz CT molecular complexity index is 624. The molecule has 0 heterocycles. The van der Waals surface area contributed by atoms with Crippen LogP contribution in [-0.2, 0) is 16.0 Å². The second-order valence-electron chi connectivity index (χ2n) is 8.73. The van der Waals surface area contributed by atoms with Gasteiger partial charge in [0.2, 0.25) is 14.2 Å². The van der Waals surface area contributed by atoms with Crippen molar-refractivity contribution >= 4 is 20.5 Å². The van der Waals surface area contributed by atoms with Crippen molar-refractivity contribution in [3.8, 4) is 5.75 Å². The summed E-state index contributed by atoms with van der Waals surface area (Å²) in [6, 6.07) is 6.52. The molecule has 146 valence electrons. The van der Waals surface area contributed by atoms with Gasteiger partial charge in [0.15, 0.2) is 0 Å². The zero-order chi connectivity index (χ0) is 20.1. The topological polar surface area (TPSA) is 81.4 Å². The van der Waals surface area contributed by atoms with E-state index in [1.165, 1.54) is 0 Å². The van der Waals surface area contributed by atoms with Gasteiger partial charge in [0.1, 0.15) is 12.0 Å². The lowest BCUT2D eigenvalue weighted by Gasteiger charge is -2.36. The first-order valence-electron chi connectivity index (χ1n) is 9.16. The minimum Gasteiger partial charge on any atom is -0.543 e. The van der Waals surface area contributed by atoms with Crippen LogP contribution in [-0.4, -0.2) is 32.6 Å². The van der Waals surface area contributed by atoms with Crippen molar-refractivity contribution in [3.63, 3.8) is 0 Å². The maximum absolute atomic E-state index is 12.1. The van der Waals surface area contributed by atoms with Crippen LogP contribution in [0.3, 0.4) is 0 Å². The molecule has 0 aliphatic carbocycles. The molecule has 3 N–H and O–H groups in total. The van der Waals surface area contributed by atoms with Crippen LogP contribution in [0.2, 0.25) is 18.1 Å². The average Bonchev–Trinajstić information content (AvgIpc) is 2.52. The molecule has 0 radical (unpaired) electrons. The van der Waals surface area contributed by atoms with Crippen LogP contribution in [0.4, 0.5) is 0 Å². The zero-order valence-electron chi connectivity index (χ0n) is 17.1. The zero-order valence-corrected chi connectivity index (χ0v) is 18.1. The molecule has 0 unspecified atom stereocenters. The molecule has 1 aromatic rings. The van der Waals surface area contributed by atoms with Gasteiger partial charge in [0, 0.05) is 0 Å². The van der Waals surface area contributed by atoms with Gasteiger partial charge in [-0.25, -0.2) is 0 Å². The van der Waals surface area contributed by atoms with Crippen molar-refractivity contribution in [3.05, 3.63) is 29.8 Å². The van der Waals surface area contributed by atoms with Crippen molar-refractivity contribution in [1.29, 1.82) is 0 Å². The molecule has 1 amide bonds. The summed E-state index contributed by atoms with van der Waals surface area (Å²) in [6.45, 7) is 14.7. The Balaban J connectivity index is 2.84. The maximum atomic E-state index is 12.1. The molecule has 0 bridgehead atoms. The fourth-order valence-corrected chi connectivity index (χ4v) is 3.17. The molecule has 6 heteroatoms. The number of hydrogen-bond acceptors (Lipinski definition) is 4. The van der Waals surface area contributed by atoms with E-state index in [1.54, 1.807) is 0 Å². The van der Waals surface area contributed by atoms with Gasteiger partial charge in [-0.15, -0.1) is 0 Å². The lowest BCUT2D eigenvalue weighted by atomic mass is 10.0. The summed E-state index contributed by atoms with van der Waals surface area (Å²) in [7, 11) is -1.93. The number of benzene rings is 1. The summed E-state index contributed by atoms with van der Waals surface area (Å²) in [5.41, 5.74) is 6.79. The first-order valence-corrected chi connectivity index (χ1v) is 12.1. The number of rotatable bonds is 8. The standard InChI is InChI=1S/C20H34N2O3Si/c1-14(2)18(21)19(24)22-16(13-23)11-15-9-8-10-17(12-15)25-26(6,7)20(3,4)5/h8-10,12-14,16,18H,11,21H2,1-7H3,(H,22,24)/t16-,18-/m0/s1. The van der Waals surface area contributed by atoms with E-state index in [4.69, 9.17) is 10.2 Å². The molecule has 0 saturated heterocycles. The molecule has 2 atom stereocenters. The number of amides is 1. The smallest absolute Gasteiger partial charge is 0.250 e. The molecule has 0 fully saturated rings. The van der Waals surface area contributed by atoms with Gasteiger partial charge in [0.05, 0.1) is 12.1 Å². The van der Waals surface area contributed by atoms with Crippen molar-refractivity contribution in [2.75, 3.05) is 0 Å². The first-order chi connectivity index (χ1) is 11.9. The van der Waals surface area contributed by atoms with E-state index >= 15 is 0 Å². The Morgan fingerprint density at radius 1 is 1.31 bits per heavy atom. The van der Waals surface area contributed by atoms with Crippen molar-refractivity contribution in [1.82, 2.24) is 5.32 Å². The van der Waals surface area contributed by atoms with Crippen LogP contribution in [0.5, 0.6) is 5.75 Å².